The molecular formula is C17H9NO6. The van der Waals surface area contributed by atoms with E-state index in [1.54, 1.807) is 30.3 Å². The highest BCUT2D eigenvalue weighted by atomic mass is 16.6. The number of carbonyl (C=O) groups excluding carboxylic acids is 2. The molecule has 0 aliphatic carbocycles. The Morgan fingerprint density at radius 1 is 0.875 bits per heavy atom. The topological polar surface area (TPSA) is 106 Å². The highest BCUT2D eigenvalue weighted by Gasteiger charge is 2.27. The van der Waals surface area contributed by atoms with Crippen LogP contribution >= 0.6 is 0 Å². The summed E-state index contributed by atoms with van der Waals surface area (Å²) in [6.45, 7) is 0. The van der Waals surface area contributed by atoms with Crippen molar-refractivity contribution in [3.63, 3.8) is 0 Å². The number of rotatable bonds is 1. The molecule has 7 heteroatoms. The molecule has 1 aromatic heterocycles. The third kappa shape index (κ3) is 2.06. The Morgan fingerprint density at radius 3 is 2.42 bits per heavy atom. The number of esters is 2. The predicted octanol–water partition coefficient (Wildman–Crippen LogP) is 1.39. The quantitative estimate of drug-likeness (QED) is 0.536. The number of benzene rings is 2. The van der Waals surface area contributed by atoms with Crippen LogP contribution in [0.1, 0.15) is 15.9 Å². The van der Waals surface area contributed by atoms with Gasteiger partial charge in [-0.25, -0.2) is 14.4 Å². The smallest absolute Gasteiger partial charge is 0.389 e. The van der Waals surface area contributed by atoms with Crippen LogP contribution in [0.4, 0.5) is 0 Å². The lowest BCUT2D eigenvalue weighted by Crippen LogP contribution is -2.23. The molecule has 0 radical (unpaired) electrons. The number of fused-ring (bicyclic) bond motifs is 2. The molecule has 0 spiro atoms. The van der Waals surface area contributed by atoms with Crippen molar-refractivity contribution in [1.29, 1.82) is 0 Å². The third-order valence-electron chi connectivity index (χ3n) is 3.91. The molecule has 118 valence electrons. The van der Waals surface area contributed by atoms with Crippen LogP contribution in [0.5, 0.6) is 0 Å². The van der Waals surface area contributed by atoms with E-state index in [0.29, 0.717) is 22.2 Å². The molecule has 1 aliphatic heterocycles. The first kappa shape index (κ1) is 14.1. The van der Waals surface area contributed by atoms with E-state index >= 15 is 0 Å². The largest absolute Gasteiger partial charge is 0.419 e. The summed E-state index contributed by atoms with van der Waals surface area (Å²) in [5.74, 6) is -2.23. The summed E-state index contributed by atoms with van der Waals surface area (Å²) in [6, 6.07) is 9.78. The second-order valence-corrected chi connectivity index (χ2v) is 5.30. The minimum atomic E-state index is -0.875. The Hall–Kier alpha value is -3.48. The number of para-hydroxylation sites is 1. The predicted molar refractivity (Wildman–Crippen MR) is 82.7 cm³/mol. The van der Waals surface area contributed by atoms with Crippen molar-refractivity contribution in [2.45, 2.75) is 6.42 Å². The summed E-state index contributed by atoms with van der Waals surface area (Å²) in [5, 5.41) is 0.203. The first-order valence-corrected chi connectivity index (χ1v) is 7.08. The van der Waals surface area contributed by atoms with Crippen LogP contribution in [0.2, 0.25) is 0 Å². The zero-order chi connectivity index (χ0) is 16.8. The number of H-pyrrole nitrogens is 1. The van der Waals surface area contributed by atoms with Crippen molar-refractivity contribution < 1.29 is 18.7 Å². The van der Waals surface area contributed by atoms with E-state index < -0.39 is 23.3 Å². The second kappa shape index (κ2) is 5.02. The van der Waals surface area contributed by atoms with Gasteiger partial charge < -0.3 is 9.15 Å². The summed E-state index contributed by atoms with van der Waals surface area (Å²) in [4.78, 5) is 49.4. The zero-order valence-corrected chi connectivity index (χ0v) is 12.1. The number of hydrogen-bond donors (Lipinski definition) is 1. The van der Waals surface area contributed by atoms with E-state index in [4.69, 9.17) is 0 Å². The van der Waals surface area contributed by atoms with E-state index in [2.05, 4.69) is 14.1 Å². The normalized spacial score (nSPS) is 13.7. The van der Waals surface area contributed by atoms with E-state index in [0.717, 1.165) is 0 Å². The van der Waals surface area contributed by atoms with Crippen LogP contribution in [0, 0.1) is 0 Å². The highest BCUT2D eigenvalue weighted by Crippen LogP contribution is 2.32. The van der Waals surface area contributed by atoms with E-state index in [-0.39, 0.29) is 17.4 Å². The van der Waals surface area contributed by atoms with Gasteiger partial charge in [-0.2, -0.15) is 0 Å². The molecule has 24 heavy (non-hydrogen) atoms. The molecule has 0 amide bonds. The molecule has 2 aromatic carbocycles. The van der Waals surface area contributed by atoms with Gasteiger partial charge in [0, 0.05) is 5.56 Å². The standard InChI is InChI=1S/C17H9NO6/c19-13-7-12-8(3-1-5-10(12)15(20)23-13)9-4-2-6-11-14(9)18-17(22)24-16(11)21/h1-6H,7H2,(H,18,22). The number of cyclic esters (lactones) is 2. The summed E-state index contributed by atoms with van der Waals surface area (Å²) < 4.78 is 9.16. The van der Waals surface area contributed by atoms with Crippen molar-refractivity contribution >= 4 is 22.8 Å². The lowest BCUT2D eigenvalue weighted by molar-refractivity contribution is -0.137. The van der Waals surface area contributed by atoms with Crippen LogP contribution in [0.15, 0.2) is 50.4 Å². The Kier molecular flexibility index (Phi) is 2.96. The van der Waals surface area contributed by atoms with E-state index in [1.165, 1.54) is 6.07 Å². The van der Waals surface area contributed by atoms with Crippen molar-refractivity contribution in [3.05, 3.63) is 68.5 Å². The van der Waals surface area contributed by atoms with Crippen LogP contribution < -0.4 is 11.4 Å². The van der Waals surface area contributed by atoms with Gasteiger partial charge in [-0.05, 0) is 23.3 Å². The Morgan fingerprint density at radius 2 is 1.58 bits per heavy atom. The number of ether oxygens (including phenoxy) is 1. The van der Waals surface area contributed by atoms with Gasteiger partial charge in [0.05, 0.1) is 22.9 Å². The van der Waals surface area contributed by atoms with Gasteiger partial charge in [-0.15, -0.1) is 0 Å². The summed E-state index contributed by atoms with van der Waals surface area (Å²) in [5.41, 5.74) is 1.42. The lowest BCUT2D eigenvalue weighted by Gasteiger charge is -2.18. The van der Waals surface area contributed by atoms with Gasteiger partial charge in [0.2, 0.25) is 0 Å². The molecule has 0 saturated carbocycles. The molecule has 3 aromatic rings. The monoisotopic (exact) mass is 323 g/mol. The maximum absolute atomic E-state index is 11.9. The summed E-state index contributed by atoms with van der Waals surface area (Å²) in [6.07, 6.45) is -0.0701. The average Bonchev–Trinajstić information content (AvgIpc) is 2.54. The summed E-state index contributed by atoms with van der Waals surface area (Å²) >= 11 is 0. The lowest BCUT2D eigenvalue weighted by atomic mass is 9.91. The van der Waals surface area contributed by atoms with E-state index in [9.17, 15) is 19.2 Å². The van der Waals surface area contributed by atoms with Gasteiger partial charge in [0.25, 0.3) is 0 Å². The van der Waals surface area contributed by atoms with Crippen LogP contribution in [0.3, 0.4) is 0 Å². The first-order valence-electron chi connectivity index (χ1n) is 7.08. The van der Waals surface area contributed by atoms with Crippen LogP contribution in [-0.2, 0) is 16.0 Å². The van der Waals surface area contributed by atoms with Gasteiger partial charge in [0.15, 0.2) is 0 Å². The van der Waals surface area contributed by atoms with Gasteiger partial charge in [0.1, 0.15) is 0 Å². The molecule has 0 fully saturated rings. The minimum absolute atomic E-state index is 0.0701. The van der Waals surface area contributed by atoms with Crippen LogP contribution in [-0.4, -0.2) is 16.9 Å². The fraction of sp³-hybridized carbons (Fsp3) is 0.0588. The zero-order valence-electron chi connectivity index (χ0n) is 12.1. The van der Waals surface area contributed by atoms with Gasteiger partial charge in [-0.1, -0.05) is 24.3 Å². The van der Waals surface area contributed by atoms with E-state index in [1.807, 2.05) is 0 Å². The van der Waals surface area contributed by atoms with Crippen LogP contribution in [0.25, 0.3) is 22.0 Å². The maximum atomic E-state index is 11.9. The molecule has 1 aliphatic rings. The van der Waals surface area contributed by atoms with Crippen molar-refractivity contribution in [3.8, 4) is 11.1 Å². The Labute approximate surface area is 133 Å². The fourth-order valence-electron chi connectivity index (χ4n) is 2.91. The molecule has 4 rings (SSSR count). The molecule has 0 atom stereocenters. The SMILES string of the molecule is O=C1Cc2c(cccc2-c2cccc3c(=O)oc(=O)[nH]c23)C(=O)O1. The molecule has 0 unspecified atom stereocenters. The van der Waals surface area contributed by atoms with Crippen molar-refractivity contribution in [2.75, 3.05) is 0 Å². The molecule has 7 nitrogen and oxygen atoms in total. The Bertz CT molecular complexity index is 1140. The van der Waals surface area contributed by atoms with Crippen molar-refractivity contribution in [2.24, 2.45) is 0 Å². The van der Waals surface area contributed by atoms with Crippen molar-refractivity contribution in [1.82, 2.24) is 4.98 Å². The molecule has 0 saturated heterocycles. The average molecular weight is 323 g/mol. The highest BCUT2D eigenvalue weighted by molar-refractivity contribution is 6.05. The fourth-order valence-corrected chi connectivity index (χ4v) is 2.91. The molecule has 1 N–H and O–H groups in total. The molecule has 0 bridgehead atoms. The second-order valence-electron chi connectivity index (χ2n) is 5.30. The summed E-state index contributed by atoms with van der Waals surface area (Å²) in [7, 11) is 0. The number of hydrogen-bond acceptors (Lipinski definition) is 6. The maximum Gasteiger partial charge on any atom is 0.419 e. The minimum Gasteiger partial charge on any atom is -0.389 e. The third-order valence-corrected chi connectivity index (χ3v) is 3.91. The Balaban J connectivity index is 2.09. The molecular weight excluding hydrogens is 314 g/mol. The number of nitrogens with one attached hydrogen (secondary N) is 1. The van der Waals surface area contributed by atoms with Gasteiger partial charge >= 0.3 is 23.3 Å². The van der Waals surface area contributed by atoms with Gasteiger partial charge in [-0.3, -0.25) is 9.78 Å². The number of carbonyl (C=O) groups is 2. The number of aromatic nitrogens is 1. The number of aromatic amines is 1. The first-order chi connectivity index (χ1) is 11.5. The molecule has 2 heterocycles.